The van der Waals surface area contributed by atoms with Crippen LogP contribution in [0.25, 0.3) is 11.4 Å². The number of amides is 1. The quantitative estimate of drug-likeness (QED) is 0.722. The van der Waals surface area contributed by atoms with E-state index in [2.05, 4.69) is 20.4 Å². The molecule has 0 saturated carbocycles. The first kappa shape index (κ1) is 15.9. The molecule has 0 fully saturated rings. The summed E-state index contributed by atoms with van der Waals surface area (Å²) in [7, 11) is 0. The number of pyridine rings is 1. The number of aromatic nitrogens is 3. The maximum Gasteiger partial charge on any atom is 0.227 e. The van der Waals surface area contributed by atoms with Crippen molar-refractivity contribution < 1.29 is 9.32 Å². The Balaban J connectivity index is 1.42. The molecule has 0 unspecified atom stereocenters. The molecule has 3 aromatic rings. The Labute approximate surface area is 139 Å². The van der Waals surface area contributed by atoms with Gasteiger partial charge in [0, 0.05) is 37.3 Å². The minimum atomic E-state index is -0.0293. The van der Waals surface area contributed by atoms with Crippen LogP contribution in [0.3, 0.4) is 0 Å². The highest BCUT2D eigenvalue weighted by Crippen LogP contribution is 2.15. The van der Waals surface area contributed by atoms with Gasteiger partial charge in [0.25, 0.3) is 0 Å². The molecule has 2 aromatic heterocycles. The molecule has 24 heavy (non-hydrogen) atoms. The summed E-state index contributed by atoms with van der Waals surface area (Å²) in [5, 5.41) is 6.82. The highest BCUT2D eigenvalue weighted by atomic mass is 16.5. The molecule has 0 saturated heterocycles. The van der Waals surface area contributed by atoms with E-state index in [9.17, 15) is 4.79 Å². The Bertz CT molecular complexity index is 772. The van der Waals surface area contributed by atoms with E-state index in [0.29, 0.717) is 31.1 Å². The SMILES string of the molecule is O=C(CCc1nc(-c2ccccc2)no1)NCCc1cccnc1. The zero-order chi connectivity index (χ0) is 16.6. The molecule has 2 heterocycles. The third-order valence-corrected chi connectivity index (χ3v) is 3.52. The van der Waals surface area contributed by atoms with Gasteiger partial charge >= 0.3 is 0 Å². The number of hydrogen-bond acceptors (Lipinski definition) is 5. The lowest BCUT2D eigenvalue weighted by Gasteiger charge is -2.03. The van der Waals surface area contributed by atoms with E-state index in [1.54, 1.807) is 12.4 Å². The summed E-state index contributed by atoms with van der Waals surface area (Å²) in [5.41, 5.74) is 2.00. The monoisotopic (exact) mass is 322 g/mol. The van der Waals surface area contributed by atoms with Gasteiger partial charge < -0.3 is 9.84 Å². The zero-order valence-electron chi connectivity index (χ0n) is 13.2. The third kappa shape index (κ3) is 4.49. The molecule has 1 amide bonds. The van der Waals surface area contributed by atoms with E-state index in [1.165, 1.54) is 0 Å². The van der Waals surface area contributed by atoms with Gasteiger partial charge in [0.2, 0.25) is 17.6 Å². The van der Waals surface area contributed by atoms with Crippen LogP contribution in [0.1, 0.15) is 17.9 Å². The predicted molar refractivity (Wildman–Crippen MR) is 89.0 cm³/mol. The maximum atomic E-state index is 11.9. The van der Waals surface area contributed by atoms with Crippen molar-refractivity contribution in [2.75, 3.05) is 6.54 Å². The second kappa shape index (κ2) is 8.01. The van der Waals surface area contributed by atoms with Crippen molar-refractivity contribution in [3.63, 3.8) is 0 Å². The lowest BCUT2D eigenvalue weighted by molar-refractivity contribution is -0.121. The Morgan fingerprint density at radius 2 is 1.96 bits per heavy atom. The van der Waals surface area contributed by atoms with E-state index in [1.807, 2.05) is 42.5 Å². The van der Waals surface area contributed by atoms with Crippen molar-refractivity contribution in [3.05, 3.63) is 66.3 Å². The average molecular weight is 322 g/mol. The van der Waals surface area contributed by atoms with Crippen LogP contribution in [0.4, 0.5) is 0 Å². The maximum absolute atomic E-state index is 11.9. The minimum absolute atomic E-state index is 0.0293. The van der Waals surface area contributed by atoms with E-state index in [4.69, 9.17) is 4.52 Å². The number of rotatable bonds is 7. The Kier molecular flexibility index (Phi) is 5.29. The van der Waals surface area contributed by atoms with Crippen molar-refractivity contribution in [1.82, 2.24) is 20.4 Å². The smallest absolute Gasteiger partial charge is 0.227 e. The van der Waals surface area contributed by atoms with Gasteiger partial charge in [0.1, 0.15) is 0 Å². The fraction of sp³-hybridized carbons (Fsp3) is 0.222. The highest BCUT2D eigenvalue weighted by Gasteiger charge is 2.10. The number of nitrogens with zero attached hydrogens (tertiary/aromatic N) is 3. The number of carbonyl (C=O) groups excluding carboxylic acids is 1. The molecule has 0 radical (unpaired) electrons. The topological polar surface area (TPSA) is 80.9 Å². The van der Waals surface area contributed by atoms with Gasteiger partial charge in [-0.3, -0.25) is 9.78 Å². The van der Waals surface area contributed by atoms with Crippen molar-refractivity contribution in [1.29, 1.82) is 0 Å². The molecule has 3 rings (SSSR count). The molecule has 6 nitrogen and oxygen atoms in total. The largest absolute Gasteiger partial charge is 0.356 e. The van der Waals surface area contributed by atoms with Gasteiger partial charge in [-0.15, -0.1) is 0 Å². The van der Waals surface area contributed by atoms with Crippen molar-refractivity contribution in [2.45, 2.75) is 19.3 Å². The third-order valence-electron chi connectivity index (χ3n) is 3.52. The van der Waals surface area contributed by atoms with Gasteiger partial charge in [-0.1, -0.05) is 41.6 Å². The summed E-state index contributed by atoms with van der Waals surface area (Å²) in [5.74, 6) is 0.984. The van der Waals surface area contributed by atoms with Crippen molar-refractivity contribution >= 4 is 5.91 Å². The van der Waals surface area contributed by atoms with Gasteiger partial charge in [0.15, 0.2) is 0 Å². The number of carbonyl (C=O) groups is 1. The molecule has 0 bridgehead atoms. The molecule has 1 aromatic carbocycles. The molecular weight excluding hydrogens is 304 g/mol. The van der Waals surface area contributed by atoms with Gasteiger partial charge in [-0.2, -0.15) is 4.98 Å². The van der Waals surface area contributed by atoms with E-state index >= 15 is 0 Å². The lowest BCUT2D eigenvalue weighted by Crippen LogP contribution is -2.25. The average Bonchev–Trinajstić information content (AvgIpc) is 3.11. The molecule has 6 heteroatoms. The first-order valence-electron chi connectivity index (χ1n) is 7.85. The number of nitrogens with one attached hydrogen (secondary N) is 1. The second-order valence-electron chi connectivity index (χ2n) is 5.34. The molecule has 0 aliphatic heterocycles. The van der Waals surface area contributed by atoms with Crippen LogP contribution in [0.2, 0.25) is 0 Å². The van der Waals surface area contributed by atoms with Crippen LogP contribution < -0.4 is 5.32 Å². The fourth-order valence-electron chi connectivity index (χ4n) is 2.26. The van der Waals surface area contributed by atoms with Crippen LogP contribution >= 0.6 is 0 Å². The Hall–Kier alpha value is -3.02. The number of benzene rings is 1. The van der Waals surface area contributed by atoms with Crippen molar-refractivity contribution in [2.24, 2.45) is 0 Å². The van der Waals surface area contributed by atoms with Crippen LogP contribution in [0.15, 0.2) is 59.4 Å². The van der Waals surface area contributed by atoms with E-state index in [0.717, 1.165) is 17.5 Å². The standard InChI is InChI=1S/C18H18N4O2/c23-16(20-12-10-14-5-4-11-19-13-14)8-9-17-21-18(22-24-17)15-6-2-1-3-7-15/h1-7,11,13H,8-10,12H2,(H,20,23). The van der Waals surface area contributed by atoms with Gasteiger partial charge in [-0.25, -0.2) is 0 Å². The first-order valence-corrected chi connectivity index (χ1v) is 7.85. The Morgan fingerprint density at radius 1 is 1.08 bits per heavy atom. The van der Waals surface area contributed by atoms with E-state index < -0.39 is 0 Å². The zero-order valence-corrected chi connectivity index (χ0v) is 13.2. The second-order valence-corrected chi connectivity index (χ2v) is 5.34. The van der Waals surface area contributed by atoms with Crippen LogP contribution in [-0.2, 0) is 17.6 Å². The first-order chi connectivity index (χ1) is 11.8. The fourth-order valence-corrected chi connectivity index (χ4v) is 2.26. The van der Waals surface area contributed by atoms with Crippen LogP contribution in [0.5, 0.6) is 0 Å². The Morgan fingerprint density at radius 3 is 2.75 bits per heavy atom. The van der Waals surface area contributed by atoms with Gasteiger partial charge in [-0.05, 0) is 18.1 Å². The minimum Gasteiger partial charge on any atom is -0.356 e. The molecular formula is C18H18N4O2. The predicted octanol–water partition coefficient (Wildman–Crippen LogP) is 2.42. The molecule has 122 valence electrons. The van der Waals surface area contributed by atoms with Crippen LogP contribution in [0, 0.1) is 0 Å². The summed E-state index contributed by atoms with van der Waals surface area (Å²) in [6, 6.07) is 13.5. The van der Waals surface area contributed by atoms with Crippen LogP contribution in [-0.4, -0.2) is 27.6 Å². The molecule has 0 atom stereocenters. The molecule has 0 spiro atoms. The number of aryl methyl sites for hydroxylation is 1. The normalized spacial score (nSPS) is 10.5. The highest BCUT2D eigenvalue weighted by molar-refractivity contribution is 5.76. The lowest BCUT2D eigenvalue weighted by atomic mass is 10.2. The van der Waals surface area contributed by atoms with Gasteiger partial charge in [0.05, 0.1) is 0 Å². The summed E-state index contributed by atoms with van der Waals surface area (Å²) >= 11 is 0. The van der Waals surface area contributed by atoms with Crippen molar-refractivity contribution in [3.8, 4) is 11.4 Å². The summed E-state index contributed by atoms with van der Waals surface area (Å²) in [6.45, 7) is 0.587. The summed E-state index contributed by atoms with van der Waals surface area (Å²) < 4.78 is 5.19. The van der Waals surface area contributed by atoms with E-state index in [-0.39, 0.29) is 5.91 Å². The molecule has 1 N–H and O–H groups in total. The number of hydrogen-bond donors (Lipinski definition) is 1. The molecule has 0 aliphatic rings. The summed E-state index contributed by atoms with van der Waals surface area (Å²) in [4.78, 5) is 20.2. The summed E-state index contributed by atoms with van der Waals surface area (Å²) in [6.07, 6.45) is 5.05. The molecule has 0 aliphatic carbocycles.